The molecule has 3 aromatic rings. The van der Waals surface area contributed by atoms with Crippen LogP contribution in [-0.4, -0.2) is 55.5 Å². The van der Waals surface area contributed by atoms with Crippen LogP contribution in [0.5, 0.6) is 11.5 Å². The first-order chi connectivity index (χ1) is 16.5. The molecule has 2 aromatic carbocycles. The number of rotatable bonds is 8. The van der Waals surface area contributed by atoms with Crippen LogP contribution in [0, 0.1) is 0 Å². The van der Waals surface area contributed by atoms with Gasteiger partial charge in [0.05, 0.1) is 20.3 Å². The molecule has 0 spiro atoms. The normalized spacial score (nSPS) is 14.8. The Morgan fingerprint density at radius 2 is 1.88 bits per heavy atom. The van der Waals surface area contributed by atoms with Gasteiger partial charge in [-0.1, -0.05) is 24.3 Å². The summed E-state index contributed by atoms with van der Waals surface area (Å²) in [6.45, 7) is 4.61. The molecular formula is C27H28N2O4S. The molecule has 0 saturated heterocycles. The monoisotopic (exact) mass is 476 g/mol. The predicted molar refractivity (Wildman–Crippen MR) is 134 cm³/mol. The number of benzene rings is 2. The Bertz CT molecular complexity index is 1170. The molecule has 0 fully saturated rings. The van der Waals surface area contributed by atoms with E-state index < -0.39 is 0 Å². The maximum absolute atomic E-state index is 13.6. The van der Waals surface area contributed by atoms with Crippen LogP contribution in [0.3, 0.4) is 0 Å². The molecule has 0 aliphatic carbocycles. The van der Waals surface area contributed by atoms with Gasteiger partial charge in [0, 0.05) is 23.5 Å². The van der Waals surface area contributed by atoms with Crippen LogP contribution in [0.4, 0.5) is 0 Å². The molecule has 1 unspecified atom stereocenters. The van der Waals surface area contributed by atoms with Gasteiger partial charge in [0.25, 0.3) is 5.91 Å². The summed E-state index contributed by atoms with van der Waals surface area (Å²) in [5, 5.41) is 2.07. The number of hydrogen-bond donors (Lipinski definition) is 0. The SMILES string of the molecule is C=CCN(CC(=O)N1CCc2sccc2C1c1ccc(OC)cc1)C(=O)c1cccc(OC)c1. The maximum Gasteiger partial charge on any atom is 0.254 e. The van der Waals surface area contributed by atoms with Crippen molar-refractivity contribution < 1.29 is 19.1 Å². The largest absolute Gasteiger partial charge is 0.497 e. The molecule has 1 aliphatic rings. The number of amides is 2. The quantitative estimate of drug-likeness (QED) is 0.447. The third-order valence-corrected chi connectivity index (χ3v) is 6.99. The average Bonchev–Trinajstić information content (AvgIpc) is 3.36. The lowest BCUT2D eigenvalue weighted by Gasteiger charge is -2.37. The van der Waals surface area contributed by atoms with Crippen LogP contribution in [-0.2, 0) is 11.2 Å². The number of thiophene rings is 1. The summed E-state index contributed by atoms with van der Waals surface area (Å²) in [4.78, 5) is 31.6. The third kappa shape index (κ3) is 4.84. The van der Waals surface area contributed by atoms with E-state index in [4.69, 9.17) is 9.47 Å². The summed E-state index contributed by atoms with van der Waals surface area (Å²) >= 11 is 1.72. The van der Waals surface area contributed by atoms with E-state index in [1.54, 1.807) is 55.9 Å². The Kier molecular flexibility index (Phi) is 7.33. The Balaban J connectivity index is 1.61. The van der Waals surface area contributed by atoms with Gasteiger partial charge in [-0.3, -0.25) is 9.59 Å². The van der Waals surface area contributed by atoms with Gasteiger partial charge in [-0.2, -0.15) is 0 Å². The van der Waals surface area contributed by atoms with Crippen LogP contribution >= 0.6 is 11.3 Å². The number of nitrogens with zero attached hydrogens (tertiary/aromatic N) is 2. The van der Waals surface area contributed by atoms with Crippen molar-refractivity contribution in [1.29, 1.82) is 0 Å². The zero-order valence-corrected chi connectivity index (χ0v) is 20.2. The number of carbonyl (C=O) groups excluding carboxylic acids is 2. The molecule has 6 nitrogen and oxygen atoms in total. The molecule has 7 heteroatoms. The van der Waals surface area contributed by atoms with Crippen LogP contribution in [0.25, 0.3) is 0 Å². The van der Waals surface area contributed by atoms with Crippen molar-refractivity contribution in [2.75, 3.05) is 33.9 Å². The summed E-state index contributed by atoms with van der Waals surface area (Å²) in [5.74, 6) is 1.03. The highest BCUT2D eigenvalue weighted by molar-refractivity contribution is 7.10. The molecule has 2 heterocycles. The molecule has 1 atom stereocenters. The fraction of sp³-hybridized carbons (Fsp3) is 0.259. The number of methoxy groups -OCH3 is 2. The second-order valence-electron chi connectivity index (χ2n) is 8.02. The van der Waals surface area contributed by atoms with Crippen LogP contribution < -0.4 is 9.47 Å². The molecule has 2 amide bonds. The van der Waals surface area contributed by atoms with E-state index in [0.717, 1.165) is 23.3 Å². The lowest BCUT2D eigenvalue weighted by molar-refractivity contribution is -0.133. The topological polar surface area (TPSA) is 59.1 Å². The van der Waals surface area contributed by atoms with Crippen molar-refractivity contribution >= 4 is 23.2 Å². The molecule has 1 aliphatic heterocycles. The van der Waals surface area contributed by atoms with Gasteiger partial charge in [0.2, 0.25) is 5.91 Å². The lowest BCUT2D eigenvalue weighted by atomic mass is 9.93. The number of hydrogen-bond acceptors (Lipinski definition) is 5. The number of fused-ring (bicyclic) bond motifs is 1. The Hall–Kier alpha value is -3.58. The highest BCUT2D eigenvalue weighted by Crippen LogP contribution is 2.38. The Morgan fingerprint density at radius 1 is 1.12 bits per heavy atom. The first kappa shape index (κ1) is 23.6. The van der Waals surface area contributed by atoms with Crippen molar-refractivity contribution in [3.8, 4) is 11.5 Å². The Morgan fingerprint density at radius 3 is 2.59 bits per heavy atom. The van der Waals surface area contributed by atoms with E-state index in [0.29, 0.717) is 17.9 Å². The highest BCUT2D eigenvalue weighted by Gasteiger charge is 2.34. The van der Waals surface area contributed by atoms with Crippen LogP contribution in [0.2, 0.25) is 0 Å². The smallest absolute Gasteiger partial charge is 0.254 e. The molecule has 176 valence electrons. The van der Waals surface area contributed by atoms with Crippen molar-refractivity contribution in [3.63, 3.8) is 0 Å². The molecular weight excluding hydrogens is 448 g/mol. The van der Waals surface area contributed by atoms with Gasteiger partial charge >= 0.3 is 0 Å². The van der Waals surface area contributed by atoms with Crippen molar-refractivity contribution in [1.82, 2.24) is 9.80 Å². The number of ether oxygens (including phenoxy) is 2. The van der Waals surface area contributed by atoms with E-state index >= 15 is 0 Å². The fourth-order valence-corrected chi connectivity index (χ4v) is 5.20. The summed E-state index contributed by atoms with van der Waals surface area (Å²) in [7, 11) is 3.19. The molecule has 1 aromatic heterocycles. The van der Waals surface area contributed by atoms with E-state index in [1.807, 2.05) is 29.2 Å². The zero-order chi connectivity index (χ0) is 24.1. The van der Waals surface area contributed by atoms with E-state index in [1.165, 1.54) is 9.78 Å². The van der Waals surface area contributed by atoms with E-state index in [2.05, 4.69) is 18.0 Å². The first-order valence-corrected chi connectivity index (χ1v) is 12.0. The van der Waals surface area contributed by atoms with Gasteiger partial charge in [-0.15, -0.1) is 17.9 Å². The van der Waals surface area contributed by atoms with Crippen molar-refractivity contribution in [2.45, 2.75) is 12.5 Å². The highest BCUT2D eigenvalue weighted by atomic mass is 32.1. The van der Waals surface area contributed by atoms with Gasteiger partial charge < -0.3 is 19.3 Å². The van der Waals surface area contributed by atoms with Gasteiger partial charge in [-0.05, 0) is 59.3 Å². The second kappa shape index (κ2) is 10.6. The second-order valence-corrected chi connectivity index (χ2v) is 9.02. The van der Waals surface area contributed by atoms with Gasteiger partial charge in [0.15, 0.2) is 0 Å². The molecule has 34 heavy (non-hydrogen) atoms. The average molecular weight is 477 g/mol. The third-order valence-electron chi connectivity index (χ3n) is 6.00. The van der Waals surface area contributed by atoms with Crippen LogP contribution in [0.1, 0.15) is 32.4 Å². The van der Waals surface area contributed by atoms with Crippen molar-refractivity contribution in [2.24, 2.45) is 0 Å². The van der Waals surface area contributed by atoms with Gasteiger partial charge in [0.1, 0.15) is 18.0 Å². The molecule has 0 radical (unpaired) electrons. The zero-order valence-electron chi connectivity index (χ0n) is 19.4. The summed E-state index contributed by atoms with van der Waals surface area (Å²) in [6, 6.07) is 16.7. The predicted octanol–water partition coefficient (Wildman–Crippen LogP) is 4.57. The Labute approximate surface area is 204 Å². The lowest BCUT2D eigenvalue weighted by Crippen LogP contribution is -2.46. The standard InChI is InChI=1S/C27H28N2O4S/c1-4-14-28(27(31)20-6-5-7-22(17-20)33-3)18-25(30)29-15-12-24-23(13-16-34-24)26(29)19-8-10-21(32-2)11-9-19/h4-11,13,16-17,26H,1,12,14-15,18H2,2-3H3. The molecule has 0 saturated carbocycles. The van der Waals surface area contributed by atoms with E-state index in [9.17, 15) is 9.59 Å². The molecule has 0 bridgehead atoms. The summed E-state index contributed by atoms with van der Waals surface area (Å²) in [5.41, 5.74) is 2.63. The molecule has 0 N–H and O–H groups in total. The van der Waals surface area contributed by atoms with Crippen LogP contribution in [0.15, 0.2) is 72.6 Å². The van der Waals surface area contributed by atoms with E-state index in [-0.39, 0.29) is 30.9 Å². The summed E-state index contributed by atoms with van der Waals surface area (Å²) < 4.78 is 10.6. The minimum atomic E-state index is -0.235. The minimum absolute atomic E-state index is 0.0335. The first-order valence-electron chi connectivity index (χ1n) is 11.1. The summed E-state index contributed by atoms with van der Waals surface area (Å²) in [6.07, 6.45) is 2.44. The van der Waals surface area contributed by atoms with Gasteiger partial charge in [-0.25, -0.2) is 0 Å². The fourth-order valence-electron chi connectivity index (χ4n) is 4.30. The van der Waals surface area contributed by atoms with Crippen molar-refractivity contribution in [3.05, 3.63) is 94.2 Å². The molecule has 4 rings (SSSR count). The maximum atomic E-state index is 13.6. The minimum Gasteiger partial charge on any atom is -0.497 e. The number of carbonyl (C=O) groups is 2.